The zero-order valence-electron chi connectivity index (χ0n) is 14.8. The van der Waals surface area contributed by atoms with Gasteiger partial charge in [0.2, 0.25) is 0 Å². The third-order valence-corrected chi connectivity index (χ3v) is 5.03. The van der Waals surface area contributed by atoms with Crippen molar-refractivity contribution in [1.82, 2.24) is 9.80 Å². The summed E-state index contributed by atoms with van der Waals surface area (Å²) >= 11 is 0. The molecule has 2 aliphatic rings. The molecule has 134 valence electrons. The number of amides is 2. The number of aliphatic hydroxyl groups excluding tert-OH is 1. The molecule has 1 atom stereocenters. The lowest BCUT2D eigenvalue weighted by atomic mass is 9.97. The molecular weight excluding hydrogens is 316 g/mol. The molecule has 0 aliphatic carbocycles. The summed E-state index contributed by atoms with van der Waals surface area (Å²) in [7, 11) is 0. The summed E-state index contributed by atoms with van der Waals surface area (Å²) < 4.78 is 0. The van der Waals surface area contributed by atoms with Crippen LogP contribution in [0, 0.1) is 5.92 Å². The first kappa shape index (κ1) is 17.7. The zero-order chi connectivity index (χ0) is 17.8. The van der Waals surface area contributed by atoms with Gasteiger partial charge in [-0.3, -0.25) is 14.5 Å². The fourth-order valence-electron chi connectivity index (χ4n) is 3.66. The molecule has 1 aromatic carbocycles. The number of piperidine rings is 1. The van der Waals surface area contributed by atoms with Crippen molar-refractivity contribution in [2.75, 3.05) is 26.2 Å². The smallest absolute Gasteiger partial charge is 0.277 e. The SMILES string of the molecule is CCCCN1C(=O)C(c2ccccc2)=C(N2CCCC(CO)C2)C1=O. The van der Waals surface area contributed by atoms with E-state index in [4.69, 9.17) is 0 Å². The number of benzene rings is 1. The Kier molecular flexibility index (Phi) is 5.53. The molecule has 0 saturated carbocycles. The molecule has 5 heteroatoms. The van der Waals surface area contributed by atoms with Crippen LogP contribution in [0.5, 0.6) is 0 Å². The molecule has 2 heterocycles. The van der Waals surface area contributed by atoms with Crippen molar-refractivity contribution in [2.24, 2.45) is 5.92 Å². The van der Waals surface area contributed by atoms with E-state index in [1.807, 2.05) is 42.2 Å². The summed E-state index contributed by atoms with van der Waals surface area (Å²) in [5.74, 6) is -0.215. The van der Waals surface area contributed by atoms with Crippen molar-refractivity contribution in [3.8, 4) is 0 Å². The van der Waals surface area contributed by atoms with Crippen LogP contribution in [0.15, 0.2) is 36.0 Å². The highest BCUT2D eigenvalue weighted by molar-refractivity contribution is 6.35. The molecule has 0 radical (unpaired) electrons. The molecule has 3 rings (SSSR count). The van der Waals surface area contributed by atoms with Gasteiger partial charge in [0.15, 0.2) is 0 Å². The predicted octanol–water partition coefficient (Wildman–Crippen LogP) is 2.27. The maximum absolute atomic E-state index is 13.0. The third-order valence-electron chi connectivity index (χ3n) is 5.03. The fraction of sp³-hybridized carbons (Fsp3) is 0.500. The Morgan fingerprint density at radius 2 is 1.92 bits per heavy atom. The van der Waals surface area contributed by atoms with Gasteiger partial charge < -0.3 is 10.0 Å². The number of unbranched alkanes of at least 4 members (excludes halogenated alkanes) is 1. The molecule has 2 amide bonds. The molecule has 1 saturated heterocycles. The van der Waals surface area contributed by atoms with Crippen molar-refractivity contribution < 1.29 is 14.7 Å². The minimum Gasteiger partial charge on any atom is -0.396 e. The summed E-state index contributed by atoms with van der Waals surface area (Å²) in [5.41, 5.74) is 1.83. The molecule has 5 nitrogen and oxygen atoms in total. The Balaban J connectivity index is 1.99. The summed E-state index contributed by atoms with van der Waals surface area (Å²) in [6, 6.07) is 9.45. The number of aliphatic hydroxyl groups is 1. The summed E-state index contributed by atoms with van der Waals surface area (Å²) in [5, 5.41) is 9.52. The van der Waals surface area contributed by atoms with Crippen LogP contribution in [-0.2, 0) is 9.59 Å². The average molecular weight is 342 g/mol. The Hall–Kier alpha value is -2.14. The second kappa shape index (κ2) is 7.83. The monoisotopic (exact) mass is 342 g/mol. The van der Waals surface area contributed by atoms with Crippen molar-refractivity contribution in [3.63, 3.8) is 0 Å². The van der Waals surface area contributed by atoms with Gasteiger partial charge in [-0.15, -0.1) is 0 Å². The molecule has 0 spiro atoms. The molecule has 2 aliphatic heterocycles. The first-order valence-electron chi connectivity index (χ1n) is 9.19. The van der Waals surface area contributed by atoms with Gasteiger partial charge in [0.1, 0.15) is 5.70 Å². The number of hydrogen-bond acceptors (Lipinski definition) is 4. The average Bonchev–Trinajstić information content (AvgIpc) is 2.91. The molecule has 1 fully saturated rings. The lowest BCUT2D eigenvalue weighted by Gasteiger charge is -2.34. The van der Waals surface area contributed by atoms with E-state index in [2.05, 4.69) is 0 Å². The highest BCUT2D eigenvalue weighted by atomic mass is 16.3. The topological polar surface area (TPSA) is 60.9 Å². The highest BCUT2D eigenvalue weighted by Gasteiger charge is 2.41. The number of rotatable bonds is 6. The molecular formula is C20H26N2O3. The first-order chi connectivity index (χ1) is 12.2. The van der Waals surface area contributed by atoms with Gasteiger partial charge >= 0.3 is 0 Å². The van der Waals surface area contributed by atoms with Crippen LogP contribution in [0.4, 0.5) is 0 Å². The Morgan fingerprint density at radius 1 is 1.16 bits per heavy atom. The molecule has 0 bridgehead atoms. The maximum atomic E-state index is 13.0. The van der Waals surface area contributed by atoms with E-state index in [1.54, 1.807) is 0 Å². The quantitative estimate of drug-likeness (QED) is 0.806. The van der Waals surface area contributed by atoms with Crippen LogP contribution in [0.2, 0.25) is 0 Å². The van der Waals surface area contributed by atoms with E-state index in [1.165, 1.54) is 4.90 Å². The molecule has 1 unspecified atom stereocenters. The van der Waals surface area contributed by atoms with Gasteiger partial charge in [0.25, 0.3) is 11.8 Å². The van der Waals surface area contributed by atoms with E-state index in [0.29, 0.717) is 24.4 Å². The minimum atomic E-state index is -0.189. The predicted molar refractivity (Wildman–Crippen MR) is 96.4 cm³/mol. The summed E-state index contributed by atoms with van der Waals surface area (Å²) in [6.07, 6.45) is 3.63. The number of likely N-dealkylation sites (tertiary alicyclic amines) is 1. The van der Waals surface area contributed by atoms with Gasteiger partial charge in [0.05, 0.1) is 5.57 Å². The summed E-state index contributed by atoms with van der Waals surface area (Å²) in [6.45, 7) is 4.01. The molecule has 25 heavy (non-hydrogen) atoms. The van der Waals surface area contributed by atoms with E-state index in [9.17, 15) is 14.7 Å². The third kappa shape index (κ3) is 3.47. The van der Waals surface area contributed by atoms with Crippen molar-refractivity contribution in [3.05, 3.63) is 41.6 Å². The number of nitrogens with zero attached hydrogens (tertiary/aromatic N) is 2. The van der Waals surface area contributed by atoms with Crippen LogP contribution in [0.25, 0.3) is 5.57 Å². The van der Waals surface area contributed by atoms with E-state index in [0.717, 1.165) is 37.8 Å². The fourth-order valence-corrected chi connectivity index (χ4v) is 3.66. The van der Waals surface area contributed by atoms with Crippen LogP contribution < -0.4 is 0 Å². The Labute approximate surface area is 148 Å². The Morgan fingerprint density at radius 3 is 2.60 bits per heavy atom. The number of carbonyl (C=O) groups is 2. The lowest BCUT2D eigenvalue weighted by Crippen LogP contribution is -2.40. The van der Waals surface area contributed by atoms with Crippen LogP contribution >= 0.6 is 0 Å². The van der Waals surface area contributed by atoms with Crippen LogP contribution in [-0.4, -0.2) is 53.0 Å². The Bertz CT molecular complexity index is 669. The first-order valence-corrected chi connectivity index (χ1v) is 9.19. The lowest BCUT2D eigenvalue weighted by molar-refractivity contribution is -0.137. The molecule has 0 aromatic heterocycles. The maximum Gasteiger partial charge on any atom is 0.277 e. The minimum absolute atomic E-state index is 0.117. The molecule has 1 aromatic rings. The highest BCUT2D eigenvalue weighted by Crippen LogP contribution is 2.34. The van der Waals surface area contributed by atoms with Crippen molar-refractivity contribution >= 4 is 17.4 Å². The number of hydrogen-bond donors (Lipinski definition) is 1. The van der Waals surface area contributed by atoms with Gasteiger partial charge in [-0.1, -0.05) is 43.7 Å². The van der Waals surface area contributed by atoms with Gasteiger partial charge in [0, 0.05) is 26.2 Å². The van der Waals surface area contributed by atoms with E-state index >= 15 is 0 Å². The van der Waals surface area contributed by atoms with Crippen LogP contribution in [0.3, 0.4) is 0 Å². The zero-order valence-corrected chi connectivity index (χ0v) is 14.8. The second-order valence-corrected chi connectivity index (χ2v) is 6.84. The number of carbonyl (C=O) groups excluding carboxylic acids is 2. The summed E-state index contributed by atoms with van der Waals surface area (Å²) in [4.78, 5) is 29.4. The van der Waals surface area contributed by atoms with E-state index in [-0.39, 0.29) is 24.3 Å². The second-order valence-electron chi connectivity index (χ2n) is 6.84. The molecule has 1 N–H and O–H groups in total. The van der Waals surface area contributed by atoms with Gasteiger partial charge in [-0.05, 0) is 30.7 Å². The standard InChI is InChI=1S/C20H26N2O3/c1-2-3-12-22-19(24)17(16-9-5-4-6-10-16)18(20(22)25)21-11-7-8-15(13-21)14-23/h4-6,9-10,15,23H,2-3,7-8,11-14H2,1H3. The van der Waals surface area contributed by atoms with Gasteiger partial charge in [-0.2, -0.15) is 0 Å². The van der Waals surface area contributed by atoms with Crippen LogP contribution in [0.1, 0.15) is 38.2 Å². The van der Waals surface area contributed by atoms with Gasteiger partial charge in [-0.25, -0.2) is 0 Å². The normalized spacial score (nSPS) is 21.4. The van der Waals surface area contributed by atoms with Crippen molar-refractivity contribution in [1.29, 1.82) is 0 Å². The van der Waals surface area contributed by atoms with Crippen molar-refractivity contribution in [2.45, 2.75) is 32.6 Å². The number of imide groups is 1. The largest absolute Gasteiger partial charge is 0.396 e. The van der Waals surface area contributed by atoms with E-state index < -0.39 is 0 Å².